The minimum atomic E-state index is 0.958. The van der Waals surface area contributed by atoms with Gasteiger partial charge in [0.15, 0.2) is 0 Å². The highest BCUT2D eigenvalue weighted by molar-refractivity contribution is 6.06. The molecule has 7 rings (SSSR count). The van der Waals surface area contributed by atoms with Crippen molar-refractivity contribution in [3.8, 4) is 11.1 Å². The van der Waals surface area contributed by atoms with Gasteiger partial charge >= 0.3 is 0 Å². The van der Waals surface area contributed by atoms with E-state index in [2.05, 4.69) is 100 Å². The molecule has 33 heavy (non-hydrogen) atoms. The number of hydrogen-bond donors (Lipinski definition) is 0. The van der Waals surface area contributed by atoms with Crippen molar-refractivity contribution in [2.75, 3.05) is 0 Å². The van der Waals surface area contributed by atoms with Crippen molar-refractivity contribution in [1.29, 1.82) is 0 Å². The van der Waals surface area contributed by atoms with Crippen LogP contribution < -0.4 is 0 Å². The standard InChI is InChI=1S/C30H21N3/c1-2-8-20(9-3-1)21-13-15-23-24(18-21)25-19-22(26-10-6-7-17-31-26)14-16-28(25)33-29-12-5-4-11-27(29)32-30(23)33/h1-13,15,17-19H,14,16H2. The first-order valence-corrected chi connectivity index (χ1v) is 11.4. The molecular formula is C30H21N3. The Morgan fingerprint density at radius 2 is 1.55 bits per heavy atom. The summed E-state index contributed by atoms with van der Waals surface area (Å²) in [5.41, 5.74) is 10.7. The number of pyridine rings is 2. The van der Waals surface area contributed by atoms with Crippen LogP contribution in [-0.2, 0) is 6.42 Å². The topological polar surface area (TPSA) is 30.2 Å². The molecule has 0 amide bonds. The number of hydrogen-bond acceptors (Lipinski definition) is 2. The summed E-state index contributed by atoms with van der Waals surface area (Å²) >= 11 is 0. The van der Waals surface area contributed by atoms with Crippen molar-refractivity contribution in [3.63, 3.8) is 0 Å². The molecule has 1 aliphatic rings. The van der Waals surface area contributed by atoms with Crippen LogP contribution in [0.2, 0.25) is 0 Å². The zero-order valence-electron chi connectivity index (χ0n) is 18.1. The van der Waals surface area contributed by atoms with Gasteiger partial charge in [0, 0.05) is 22.8 Å². The van der Waals surface area contributed by atoms with Gasteiger partial charge in [0.05, 0.1) is 16.7 Å². The minimum Gasteiger partial charge on any atom is -0.295 e. The molecule has 3 aromatic carbocycles. The first kappa shape index (κ1) is 18.3. The molecule has 3 aromatic heterocycles. The summed E-state index contributed by atoms with van der Waals surface area (Å²) in [6, 6.07) is 32.0. The monoisotopic (exact) mass is 423 g/mol. The molecule has 0 saturated carbocycles. The van der Waals surface area contributed by atoms with Crippen LogP contribution in [-0.4, -0.2) is 14.4 Å². The second-order valence-corrected chi connectivity index (χ2v) is 8.63. The molecule has 3 heteroatoms. The van der Waals surface area contributed by atoms with Crippen LogP contribution in [0.4, 0.5) is 0 Å². The van der Waals surface area contributed by atoms with Crippen LogP contribution in [0, 0.1) is 0 Å². The molecule has 156 valence electrons. The highest BCUT2D eigenvalue weighted by Gasteiger charge is 2.22. The Kier molecular flexibility index (Phi) is 3.97. The Labute approximate surface area is 191 Å². The van der Waals surface area contributed by atoms with E-state index in [1.165, 1.54) is 44.2 Å². The second kappa shape index (κ2) is 7.14. The van der Waals surface area contributed by atoms with Gasteiger partial charge in [0.25, 0.3) is 0 Å². The Bertz CT molecular complexity index is 1690. The van der Waals surface area contributed by atoms with E-state index in [1.807, 2.05) is 12.3 Å². The lowest BCUT2D eigenvalue weighted by Crippen LogP contribution is -2.07. The summed E-state index contributed by atoms with van der Waals surface area (Å²) in [5, 5.41) is 2.44. The van der Waals surface area contributed by atoms with Gasteiger partial charge in [-0.25, -0.2) is 4.98 Å². The van der Waals surface area contributed by atoms with Crippen LogP contribution in [0.25, 0.3) is 50.2 Å². The lowest BCUT2D eigenvalue weighted by Gasteiger charge is -2.21. The molecule has 1 aliphatic carbocycles. The normalized spacial score (nSPS) is 13.4. The molecule has 0 fully saturated rings. The van der Waals surface area contributed by atoms with Gasteiger partial charge in [-0.05, 0) is 77.4 Å². The molecule has 0 bridgehead atoms. The number of rotatable bonds is 2. The van der Waals surface area contributed by atoms with Gasteiger partial charge in [-0.3, -0.25) is 9.38 Å². The average molecular weight is 424 g/mol. The van der Waals surface area contributed by atoms with Crippen molar-refractivity contribution in [1.82, 2.24) is 14.4 Å². The SMILES string of the molecule is C1=C(c2ccccn2)CCc2c1c1cc(-c3ccccc3)ccc1c1nc3ccccc3n21. The van der Waals surface area contributed by atoms with E-state index in [-0.39, 0.29) is 0 Å². The molecule has 3 heterocycles. The molecule has 0 spiro atoms. The highest BCUT2D eigenvalue weighted by Crippen LogP contribution is 2.39. The van der Waals surface area contributed by atoms with Crippen molar-refractivity contribution in [2.24, 2.45) is 0 Å². The minimum absolute atomic E-state index is 0.958. The van der Waals surface area contributed by atoms with E-state index in [1.54, 1.807) is 0 Å². The van der Waals surface area contributed by atoms with Crippen LogP contribution in [0.15, 0.2) is 97.2 Å². The number of imidazole rings is 1. The van der Waals surface area contributed by atoms with E-state index in [0.29, 0.717) is 0 Å². The third-order valence-electron chi connectivity index (χ3n) is 6.74. The number of fused-ring (bicyclic) bond motifs is 8. The first-order chi connectivity index (χ1) is 16.4. The number of aromatic nitrogens is 3. The summed E-state index contributed by atoms with van der Waals surface area (Å²) in [5.74, 6) is 0. The highest BCUT2D eigenvalue weighted by atomic mass is 15.0. The fourth-order valence-corrected chi connectivity index (χ4v) is 5.19. The van der Waals surface area contributed by atoms with Gasteiger partial charge in [-0.1, -0.05) is 54.6 Å². The Balaban J connectivity index is 1.60. The van der Waals surface area contributed by atoms with Crippen LogP contribution in [0.1, 0.15) is 23.4 Å². The smallest absolute Gasteiger partial charge is 0.146 e. The fourth-order valence-electron chi connectivity index (χ4n) is 5.19. The van der Waals surface area contributed by atoms with E-state index in [0.717, 1.165) is 29.7 Å². The number of nitrogens with zero attached hydrogens (tertiary/aromatic N) is 3. The summed E-state index contributed by atoms with van der Waals surface area (Å²) in [7, 11) is 0. The maximum atomic E-state index is 5.06. The van der Waals surface area contributed by atoms with Crippen LogP contribution >= 0.6 is 0 Å². The number of benzene rings is 3. The molecule has 0 aliphatic heterocycles. The molecule has 6 aromatic rings. The Morgan fingerprint density at radius 1 is 0.697 bits per heavy atom. The van der Waals surface area contributed by atoms with E-state index in [9.17, 15) is 0 Å². The number of aryl methyl sites for hydroxylation is 1. The number of para-hydroxylation sites is 2. The summed E-state index contributed by atoms with van der Waals surface area (Å²) in [6.07, 6.45) is 6.16. The van der Waals surface area contributed by atoms with Crippen LogP contribution in [0.5, 0.6) is 0 Å². The molecule has 0 saturated heterocycles. The molecular weight excluding hydrogens is 402 g/mol. The predicted molar refractivity (Wildman–Crippen MR) is 136 cm³/mol. The third kappa shape index (κ3) is 2.82. The van der Waals surface area contributed by atoms with Gasteiger partial charge in [0.1, 0.15) is 5.65 Å². The fraction of sp³-hybridized carbons (Fsp3) is 0.0667. The van der Waals surface area contributed by atoms with Crippen molar-refractivity contribution >= 4 is 39.1 Å². The Hall–Kier alpha value is -4.24. The lowest BCUT2D eigenvalue weighted by atomic mass is 9.89. The van der Waals surface area contributed by atoms with Gasteiger partial charge in [-0.15, -0.1) is 0 Å². The van der Waals surface area contributed by atoms with Crippen LogP contribution in [0.3, 0.4) is 0 Å². The molecule has 0 unspecified atom stereocenters. The quantitative estimate of drug-likeness (QED) is 0.295. The predicted octanol–water partition coefficient (Wildman–Crippen LogP) is 7.19. The van der Waals surface area contributed by atoms with E-state index in [4.69, 9.17) is 4.98 Å². The molecule has 0 N–H and O–H groups in total. The molecule has 0 atom stereocenters. The largest absolute Gasteiger partial charge is 0.295 e. The van der Waals surface area contributed by atoms with Gasteiger partial charge in [-0.2, -0.15) is 0 Å². The zero-order chi connectivity index (χ0) is 21.8. The third-order valence-corrected chi connectivity index (χ3v) is 6.74. The maximum Gasteiger partial charge on any atom is 0.146 e. The van der Waals surface area contributed by atoms with Crippen molar-refractivity contribution in [3.05, 3.63) is 114 Å². The van der Waals surface area contributed by atoms with Gasteiger partial charge in [0.2, 0.25) is 0 Å². The summed E-state index contributed by atoms with van der Waals surface area (Å²) in [4.78, 5) is 9.70. The van der Waals surface area contributed by atoms with Crippen molar-refractivity contribution in [2.45, 2.75) is 12.8 Å². The van der Waals surface area contributed by atoms with E-state index < -0.39 is 0 Å². The Morgan fingerprint density at radius 3 is 2.42 bits per heavy atom. The summed E-state index contributed by atoms with van der Waals surface area (Å²) in [6.45, 7) is 0. The summed E-state index contributed by atoms with van der Waals surface area (Å²) < 4.78 is 2.38. The number of allylic oxidation sites excluding steroid dienone is 1. The molecule has 3 nitrogen and oxygen atoms in total. The first-order valence-electron chi connectivity index (χ1n) is 11.4. The van der Waals surface area contributed by atoms with E-state index >= 15 is 0 Å². The van der Waals surface area contributed by atoms with Crippen molar-refractivity contribution < 1.29 is 0 Å². The molecule has 0 radical (unpaired) electrons. The lowest BCUT2D eigenvalue weighted by molar-refractivity contribution is 0.919. The average Bonchev–Trinajstić information content (AvgIpc) is 3.29. The second-order valence-electron chi connectivity index (χ2n) is 8.63. The maximum absolute atomic E-state index is 5.06. The van der Waals surface area contributed by atoms with Gasteiger partial charge < -0.3 is 0 Å². The zero-order valence-corrected chi connectivity index (χ0v) is 18.1.